The molecular weight excluding hydrogens is 262 g/mol. The second-order valence-corrected chi connectivity index (χ2v) is 4.67. The van der Waals surface area contributed by atoms with Gasteiger partial charge >= 0.3 is 5.97 Å². The van der Waals surface area contributed by atoms with Crippen LogP contribution in [0.15, 0.2) is 18.2 Å². The van der Waals surface area contributed by atoms with Crippen LogP contribution in [-0.4, -0.2) is 37.2 Å². The lowest BCUT2D eigenvalue weighted by molar-refractivity contribution is -0.139. The Hall–Kier alpha value is -2.24. The first-order valence-corrected chi connectivity index (χ1v) is 6.33. The van der Waals surface area contributed by atoms with Crippen LogP contribution >= 0.6 is 0 Å². The molecule has 0 spiro atoms. The van der Waals surface area contributed by atoms with Crippen molar-refractivity contribution in [2.45, 2.75) is 18.9 Å². The van der Waals surface area contributed by atoms with E-state index < -0.39 is 17.9 Å². The summed E-state index contributed by atoms with van der Waals surface area (Å²) in [6, 6.07) is 4.05. The average molecular weight is 279 g/mol. The summed E-state index contributed by atoms with van der Waals surface area (Å²) in [6.45, 7) is 0. The van der Waals surface area contributed by atoms with Crippen LogP contribution in [-0.2, 0) is 4.79 Å². The largest absolute Gasteiger partial charge is 0.493 e. The summed E-state index contributed by atoms with van der Waals surface area (Å²) in [5.41, 5.74) is 0.263. The van der Waals surface area contributed by atoms with Crippen LogP contribution in [0, 0.1) is 5.92 Å². The fourth-order valence-electron chi connectivity index (χ4n) is 2.10. The molecule has 2 N–H and O–H groups in total. The van der Waals surface area contributed by atoms with Crippen LogP contribution < -0.4 is 14.8 Å². The minimum atomic E-state index is -1.01. The van der Waals surface area contributed by atoms with Crippen LogP contribution in [0.4, 0.5) is 0 Å². The number of nitrogens with one attached hydrogen (secondary N) is 1. The van der Waals surface area contributed by atoms with E-state index in [0.717, 1.165) is 12.8 Å². The van der Waals surface area contributed by atoms with Crippen molar-refractivity contribution >= 4 is 11.9 Å². The Morgan fingerprint density at radius 3 is 2.50 bits per heavy atom. The van der Waals surface area contributed by atoms with Gasteiger partial charge in [0, 0.05) is 0 Å². The highest BCUT2D eigenvalue weighted by Gasteiger charge is 2.37. The van der Waals surface area contributed by atoms with Crippen LogP contribution in [0.5, 0.6) is 11.5 Å². The van der Waals surface area contributed by atoms with Gasteiger partial charge in [-0.2, -0.15) is 0 Å². The fourth-order valence-corrected chi connectivity index (χ4v) is 2.10. The summed E-state index contributed by atoms with van der Waals surface area (Å²) in [5, 5.41) is 11.7. The van der Waals surface area contributed by atoms with E-state index in [9.17, 15) is 9.59 Å². The minimum Gasteiger partial charge on any atom is -0.493 e. The Morgan fingerprint density at radius 1 is 1.30 bits per heavy atom. The maximum Gasteiger partial charge on any atom is 0.326 e. The number of hydrogen-bond donors (Lipinski definition) is 2. The lowest BCUT2D eigenvalue weighted by Gasteiger charge is -2.16. The van der Waals surface area contributed by atoms with E-state index in [1.54, 1.807) is 18.2 Å². The number of methoxy groups -OCH3 is 2. The number of rotatable bonds is 6. The molecule has 1 atom stereocenters. The second kappa shape index (κ2) is 5.81. The van der Waals surface area contributed by atoms with Crippen molar-refractivity contribution in [2.24, 2.45) is 5.92 Å². The molecular formula is C14H17NO5. The zero-order valence-electron chi connectivity index (χ0n) is 11.4. The number of hydrogen-bond acceptors (Lipinski definition) is 4. The Bertz CT molecular complexity index is 524. The number of ether oxygens (including phenoxy) is 2. The van der Waals surface area contributed by atoms with E-state index in [4.69, 9.17) is 14.6 Å². The number of carbonyl (C=O) groups excluding carboxylic acids is 1. The first kappa shape index (κ1) is 14.2. The Balaban J connectivity index is 2.22. The second-order valence-electron chi connectivity index (χ2n) is 4.67. The molecule has 0 aliphatic heterocycles. The fraction of sp³-hybridized carbons (Fsp3) is 0.429. The van der Waals surface area contributed by atoms with Crippen LogP contribution in [0.1, 0.15) is 23.2 Å². The Labute approximate surface area is 116 Å². The molecule has 2 rings (SSSR count). The van der Waals surface area contributed by atoms with Crippen molar-refractivity contribution < 1.29 is 24.2 Å². The molecule has 0 heterocycles. The molecule has 6 nitrogen and oxygen atoms in total. The predicted octanol–water partition coefficient (Wildman–Crippen LogP) is 1.30. The molecule has 1 aromatic carbocycles. The molecule has 1 aliphatic rings. The Kier molecular flexibility index (Phi) is 4.12. The van der Waals surface area contributed by atoms with E-state index in [-0.39, 0.29) is 11.5 Å². The van der Waals surface area contributed by atoms with E-state index in [2.05, 4.69) is 5.32 Å². The molecule has 1 fully saturated rings. The standard InChI is InChI=1S/C14H17NO5/c1-19-10-5-3-4-9(12(10)20-2)13(16)15-11(14(17)18)8-6-7-8/h3-5,8,11H,6-7H2,1-2H3,(H,15,16)(H,17,18). The van der Waals surface area contributed by atoms with Gasteiger partial charge in [0.1, 0.15) is 6.04 Å². The summed E-state index contributed by atoms with van der Waals surface area (Å²) >= 11 is 0. The van der Waals surface area contributed by atoms with E-state index in [0.29, 0.717) is 11.5 Å². The maximum atomic E-state index is 12.2. The van der Waals surface area contributed by atoms with E-state index in [1.165, 1.54) is 14.2 Å². The molecule has 0 bridgehead atoms. The maximum absolute atomic E-state index is 12.2. The van der Waals surface area contributed by atoms with Crippen molar-refractivity contribution in [3.8, 4) is 11.5 Å². The van der Waals surface area contributed by atoms with Crippen molar-refractivity contribution in [2.75, 3.05) is 14.2 Å². The molecule has 108 valence electrons. The van der Waals surface area contributed by atoms with Gasteiger partial charge in [0.25, 0.3) is 5.91 Å². The number of para-hydroxylation sites is 1. The molecule has 1 aromatic rings. The summed E-state index contributed by atoms with van der Waals surface area (Å²) in [4.78, 5) is 23.4. The molecule has 0 radical (unpaired) electrons. The monoisotopic (exact) mass is 279 g/mol. The highest BCUT2D eigenvalue weighted by molar-refractivity contribution is 5.99. The SMILES string of the molecule is COc1cccc(C(=O)NC(C(=O)O)C2CC2)c1OC. The third kappa shape index (κ3) is 2.84. The summed E-state index contributed by atoms with van der Waals surface area (Å²) in [5.74, 6) is -0.735. The zero-order chi connectivity index (χ0) is 14.7. The van der Waals surface area contributed by atoms with Gasteiger partial charge < -0.3 is 19.9 Å². The molecule has 1 amide bonds. The Morgan fingerprint density at radius 2 is 2.00 bits per heavy atom. The molecule has 6 heteroatoms. The first-order valence-electron chi connectivity index (χ1n) is 6.33. The van der Waals surface area contributed by atoms with Crippen molar-refractivity contribution in [3.63, 3.8) is 0 Å². The number of carbonyl (C=O) groups is 2. The van der Waals surface area contributed by atoms with E-state index >= 15 is 0 Å². The number of aliphatic carboxylic acids is 1. The van der Waals surface area contributed by atoms with Gasteiger partial charge in [0.05, 0.1) is 19.8 Å². The van der Waals surface area contributed by atoms with Crippen LogP contribution in [0.3, 0.4) is 0 Å². The minimum absolute atomic E-state index is 0.0213. The summed E-state index contributed by atoms with van der Waals surface area (Å²) in [6.07, 6.45) is 1.65. The number of benzene rings is 1. The van der Waals surface area contributed by atoms with Crippen molar-refractivity contribution in [1.82, 2.24) is 5.32 Å². The quantitative estimate of drug-likeness (QED) is 0.819. The van der Waals surface area contributed by atoms with Crippen molar-refractivity contribution in [1.29, 1.82) is 0 Å². The highest BCUT2D eigenvalue weighted by atomic mass is 16.5. The van der Waals surface area contributed by atoms with Gasteiger partial charge in [-0.1, -0.05) is 6.07 Å². The van der Waals surface area contributed by atoms with Gasteiger partial charge in [0.2, 0.25) is 0 Å². The lowest BCUT2D eigenvalue weighted by Crippen LogP contribution is -2.42. The van der Waals surface area contributed by atoms with Gasteiger partial charge in [-0.05, 0) is 30.9 Å². The predicted molar refractivity (Wildman–Crippen MR) is 71.2 cm³/mol. The van der Waals surface area contributed by atoms with Crippen LogP contribution in [0.2, 0.25) is 0 Å². The normalized spacial score (nSPS) is 15.3. The summed E-state index contributed by atoms with van der Waals surface area (Å²) < 4.78 is 10.3. The molecule has 1 aliphatic carbocycles. The number of amides is 1. The lowest BCUT2D eigenvalue weighted by atomic mass is 10.1. The van der Waals surface area contributed by atoms with Gasteiger partial charge in [-0.3, -0.25) is 4.79 Å². The smallest absolute Gasteiger partial charge is 0.326 e. The average Bonchev–Trinajstić information content (AvgIpc) is 3.27. The van der Waals surface area contributed by atoms with Gasteiger partial charge in [0.15, 0.2) is 11.5 Å². The number of carboxylic acids is 1. The molecule has 1 unspecified atom stereocenters. The molecule has 0 aromatic heterocycles. The zero-order valence-corrected chi connectivity index (χ0v) is 11.4. The molecule has 1 saturated carbocycles. The summed E-state index contributed by atoms with van der Waals surface area (Å²) in [7, 11) is 2.91. The third-order valence-corrected chi connectivity index (χ3v) is 3.29. The van der Waals surface area contributed by atoms with Gasteiger partial charge in [-0.15, -0.1) is 0 Å². The third-order valence-electron chi connectivity index (χ3n) is 3.29. The number of carboxylic acid groups (broad SMARTS) is 1. The van der Waals surface area contributed by atoms with E-state index in [1.807, 2.05) is 0 Å². The molecule has 0 saturated heterocycles. The first-order chi connectivity index (χ1) is 9.58. The molecule has 20 heavy (non-hydrogen) atoms. The van der Waals surface area contributed by atoms with Gasteiger partial charge in [-0.25, -0.2) is 4.79 Å². The van der Waals surface area contributed by atoms with Crippen LogP contribution in [0.25, 0.3) is 0 Å². The van der Waals surface area contributed by atoms with Crippen molar-refractivity contribution in [3.05, 3.63) is 23.8 Å². The highest BCUT2D eigenvalue weighted by Crippen LogP contribution is 2.34. The topological polar surface area (TPSA) is 84.9 Å².